The molecular formula is C25H22N2O. The molecule has 0 radical (unpaired) electrons. The molecule has 1 heterocycles. The van der Waals surface area contributed by atoms with E-state index in [1.807, 2.05) is 24.3 Å². The summed E-state index contributed by atoms with van der Waals surface area (Å²) >= 11 is 0. The Labute approximate surface area is 164 Å². The van der Waals surface area contributed by atoms with E-state index in [1.165, 1.54) is 16.7 Å². The molecule has 0 N–H and O–H groups in total. The summed E-state index contributed by atoms with van der Waals surface area (Å²) in [4.78, 5) is 17.1. The van der Waals surface area contributed by atoms with Crippen molar-refractivity contribution >= 4 is 16.5 Å². The van der Waals surface area contributed by atoms with Gasteiger partial charge in [0.2, 0.25) is 0 Å². The first-order valence-corrected chi connectivity index (χ1v) is 9.79. The monoisotopic (exact) mass is 366 g/mol. The Morgan fingerprint density at radius 3 is 2.79 bits per heavy atom. The number of aromatic nitrogens is 2. The lowest BCUT2D eigenvalue weighted by Gasteiger charge is -2.21. The minimum atomic E-state index is 0.00254. The third-order valence-corrected chi connectivity index (χ3v) is 5.95. The quantitative estimate of drug-likeness (QED) is 0.613. The molecule has 2 aromatic carbocycles. The van der Waals surface area contributed by atoms with Crippen molar-refractivity contribution in [3.05, 3.63) is 106 Å². The smallest absolute Gasteiger partial charge is 0.261 e. The van der Waals surface area contributed by atoms with Gasteiger partial charge in [0, 0.05) is 5.92 Å². The van der Waals surface area contributed by atoms with Crippen LogP contribution in [0.4, 0.5) is 0 Å². The molecule has 28 heavy (non-hydrogen) atoms. The molecule has 0 spiro atoms. The molecule has 0 amide bonds. The lowest BCUT2D eigenvalue weighted by atomic mass is 9.84. The van der Waals surface area contributed by atoms with Crippen LogP contribution in [0.25, 0.3) is 16.5 Å². The zero-order valence-electron chi connectivity index (χ0n) is 15.9. The number of hydrogen-bond donors (Lipinski definition) is 0. The Balaban J connectivity index is 1.38. The van der Waals surface area contributed by atoms with Crippen LogP contribution in [-0.2, 0) is 6.54 Å². The van der Waals surface area contributed by atoms with Gasteiger partial charge in [-0.2, -0.15) is 0 Å². The first-order chi connectivity index (χ1) is 13.7. The number of nitrogens with zero attached hydrogens (tertiary/aromatic N) is 2. The molecule has 0 bridgehead atoms. The fourth-order valence-electron chi connectivity index (χ4n) is 4.31. The van der Waals surface area contributed by atoms with Gasteiger partial charge >= 0.3 is 0 Å². The first-order valence-electron chi connectivity index (χ1n) is 9.79. The van der Waals surface area contributed by atoms with Gasteiger partial charge in [0.1, 0.15) is 0 Å². The van der Waals surface area contributed by atoms with Crippen LogP contribution in [0.2, 0.25) is 0 Å². The van der Waals surface area contributed by atoms with Crippen molar-refractivity contribution in [3.63, 3.8) is 0 Å². The minimum Gasteiger partial charge on any atom is -0.294 e. The van der Waals surface area contributed by atoms with Crippen LogP contribution in [-0.4, -0.2) is 9.55 Å². The maximum atomic E-state index is 12.7. The van der Waals surface area contributed by atoms with E-state index < -0.39 is 0 Å². The molecule has 1 aromatic heterocycles. The number of para-hydroxylation sites is 1. The average molecular weight is 366 g/mol. The van der Waals surface area contributed by atoms with Gasteiger partial charge in [0.15, 0.2) is 0 Å². The van der Waals surface area contributed by atoms with Gasteiger partial charge in [-0.3, -0.25) is 9.36 Å². The van der Waals surface area contributed by atoms with Crippen LogP contribution in [0.5, 0.6) is 0 Å². The van der Waals surface area contributed by atoms with Crippen LogP contribution in [0, 0.1) is 11.8 Å². The highest BCUT2D eigenvalue weighted by Gasteiger charge is 2.26. The second kappa shape index (κ2) is 6.75. The number of fused-ring (bicyclic) bond motifs is 2. The summed E-state index contributed by atoms with van der Waals surface area (Å²) in [5.74, 6) is 1.18. The number of allylic oxidation sites excluding steroid dienone is 6. The molecule has 2 aliphatic carbocycles. The summed E-state index contributed by atoms with van der Waals surface area (Å²) in [6, 6.07) is 16.0. The highest BCUT2D eigenvalue weighted by Crippen LogP contribution is 2.39. The topological polar surface area (TPSA) is 34.9 Å². The molecule has 3 nitrogen and oxygen atoms in total. The Bertz CT molecular complexity index is 1200. The summed E-state index contributed by atoms with van der Waals surface area (Å²) < 4.78 is 1.68. The fraction of sp³-hybridized carbons (Fsp3) is 0.200. The van der Waals surface area contributed by atoms with Crippen molar-refractivity contribution in [2.24, 2.45) is 11.8 Å². The minimum absolute atomic E-state index is 0.00254. The Kier molecular flexibility index (Phi) is 4.09. The Morgan fingerprint density at radius 1 is 1.11 bits per heavy atom. The van der Waals surface area contributed by atoms with Crippen LogP contribution >= 0.6 is 0 Å². The van der Waals surface area contributed by atoms with Crippen LogP contribution < -0.4 is 5.56 Å². The molecule has 0 saturated carbocycles. The second-order valence-electron chi connectivity index (χ2n) is 7.75. The predicted octanol–water partition coefficient (Wildman–Crippen LogP) is 4.98. The molecule has 2 aliphatic rings. The summed E-state index contributed by atoms with van der Waals surface area (Å²) in [5.41, 5.74) is 5.85. The van der Waals surface area contributed by atoms with Crippen LogP contribution in [0.15, 0.2) is 89.5 Å². The molecule has 0 aliphatic heterocycles. The predicted molar refractivity (Wildman–Crippen MR) is 114 cm³/mol. The lowest BCUT2D eigenvalue weighted by molar-refractivity contribution is 0.580. The molecule has 0 saturated heterocycles. The maximum Gasteiger partial charge on any atom is 0.261 e. The normalized spacial score (nSPS) is 20.8. The maximum absolute atomic E-state index is 12.7. The highest BCUT2D eigenvalue weighted by molar-refractivity contribution is 5.77. The summed E-state index contributed by atoms with van der Waals surface area (Å²) in [7, 11) is 0. The van der Waals surface area contributed by atoms with Crippen molar-refractivity contribution in [3.8, 4) is 0 Å². The van der Waals surface area contributed by atoms with E-state index >= 15 is 0 Å². The van der Waals surface area contributed by atoms with E-state index in [9.17, 15) is 4.79 Å². The zero-order chi connectivity index (χ0) is 19.1. The van der Waals surface area contributed by atoms with E-state index in [1.54, 1.807) is 10.9 Å². The summed E-state index contributed by atoms with van der Waals surface area (Å²) in [5, 5.41) is 0.661. The number of hydrogen-bond acceptors (Lipinski definition) is 2. The number of rotatable bonds is 3. The summed E-state index contributed by atoms with van der Waals surface area (Å²) in [6.07, 6.45) is 12.1. The zero-order valence-corrected chi connectivity index (χ0v) is 15.9. The van der Waals surface area contributed by atoms with Crippen molar-refractivity contribution < 1.29 is 0 Å². The van der Waals surface area contributed by atoms with Gasteiger partial charge in [-0.15, -0.1) is 0 Å². The Hall–Kier alpha value is -3.20. The van der Waals surface area contributed by atoms with Gasteiger partial charge in [-0.05, 0) is 48.1 Å². The molecule has 2 unspecified atom stereocenters. The third kappa shape index (κ3) is 2.93. The number of benzene rings is 2. The van der Waals surface area contributed by atoms with Gasteiger partial charge in [0.25, 0.3) is 5.56 Å². The fourth-order valence-corrected chi connectivity index (χ4v) is 4.31. The van der Waals surface area contributed by atoms with Crippen molar-refractivity contribution in [1.29, 1.82) is 0 Å². The summed E-state index contributed by atoms with van der Waals surface area (Å²) in [6.45, 7) is 2.76. The second-order valence-corrected chi connectivity index (χ2v) is 7.75. The van der Waals surface area contributed by atoms with Crippen LogP contribution in [0.1, 0.15) is 24.5 Å². The molecule has 2 atom stereocenters. The molecular weight excluding hydrogens is 344 g/mol. The van der Waals surface area contributed by atoms with E-state index in [0.717, 1.165) is 17.5 Å². The largest absolute Gasteiger partial charge is 0.294 e. The van der Waals surface area contributed by atoms with Gasteiger partial charge < -0.3 is 0 Å². The first kappa shape index (κ1) is 16.9. The van der Waals surface area contributed by atoms with Crippen LogP contribution in [0.3, 0.4) is 0 Å². The van der Waals surface area contributed by atoms with Crippen molar-refractivity contribution in [2.75, 3.05) is 0 Å². The average Bonchev–Trinajstić information content (AvgIpc) is 3.11. The third-order valence-electron chi connectivity index (χ3n) is 5.95. The molecule has 3 heteroatoms. The standard InChI is InChI=1S/C25H22N2O/c1-17-6-9-21-14-20(12-13-22(17)21)19-10-7-18(8-11-19)15-27-16-26-24-5-3-2-4-23(24)25(27)28/h2-8,10-14,16,21-22H,9,15H2,1H3. The molecule has 5 rings (SSSR count). The van der Waals surface area contributed by atoms with Gasteiger partial charge in [0.05, 0.1) is 23.8 Å². The van der Waals surface area contributed by atoms with E-state index in [0.29, 0.717) is 23.8 Å². The lowest BCUT2D eigenvalue weighted by Crippen LogP contribution is -2.21. The molecule has 0 fully saturated rings. The van der Waals surface area contributed by atoms with Crippen molar-refractivity contribution in [1.82, 2.24) is 9.55 Å². The molecule has 3 aromatic rings. The molecule has 138 valence electrons. The Morgan fingerprint density at radius 2 is 1.93 bits per heavy atom. The van der Waals surface area contributed by atoms with E-state index in [2.05, 4.69) is 60.5 Å². The van der Waals surface area contributed by atoms with E-state index in [-0.39, 0.29) is 5.56 Å². The highest BCUT2D eigenvalue weighted by atomic mass is 16.1. The van der Waals surface area contributed by atoms with Gasteiger partial charge in [-0.25, -0.2) is 4.98 Å². The van der Waals surface area contributed by atoms with Crippen molar-refractivity contribution in [2.45, 2.75) is 19.9 Å². The van der Waals surface area contributed by atoms with E-state index in [4.69, 9.17) is 0 Å². The van der Waals surface area contributed by atoms with Gasteiger partial charge in [-0.1, -0.05) is 66.3 Å². The SMILES string of the molecule is CC1=CCC2C=C(c3ccc(Cn4cnc5ccccc5c4=O)cc3)C=CC12.